The van der Waals surface area contributed by atoms with Gasteiger partial charge >= 0.3 is 0 Å². The molecule has 0 radical (unpaired) electrons. The van der Waals surface area contributed by atoms with Crippen LogP contribution < -0.4 is 0 Å². The van der Waals surface area contributed by atoms with E-state index in [2.05, 4.69) is 0 Å². The normalized spacial score (nSPS) is 10.8. The number of hydrogen-bond acceptors (Lipinski definition) is 1. The van der Waals surface area contributed by atoms with Gasteiger partial charge in [0.05, 0.1) is 0 Å². The standard InChI is InChI=1S/C10H9FS/c1-2-8-10(11)7-5-3-4-6-9(7)12-8/h3-6H,2H2,1H3. The lowest BCUT2D eigenvalue weighted by Gasteiger charge is -1.87. The molecule has 1 heterocycles. The highest BCUT2D eigenvalue weighted by Gasteiger charge is 2.08. The van der Waals surface area contributed by atoms with Crippen LogP contribution in [0.3, 0.4) is 0 Å². The highest BCUT2D eigenvalue weighted by atomic mass is 32.1. The molecule has 0 saturated carbocycles. The van der Waals surface area contributed by atoms with Gasteiger partial charge in [0.15, 0.2) is 0 Å². The predicted molar refractivity (Wildman–Crippen MR) is 51.2 cm³/mol. The molecule has 12 heavy (non-hydrogen) atoms. The number of halogens is 1. The van der Waals surface area contributed by atoms with Crippen LogP contribution in [0.5, 0.6) is 0 Å². The molecule has 0 unspecified atom stereocenters. The Balaban J connectivity index is 2.78. The third-order valence-corrected chi connectivity index (χ3v) is 3.21. The molecule has 0 saturated heterocycles. The van der Waals surface area contributed by atoms with Gasteiger partial charge in [-0.2, -0.15) is 0 Å². The molecule has 0 spiro atoms. The first-order valence-corrected chi connectivity index (χ1v) is 4.80. The van der Waals surface area contributed by atoms with Crippen molar-refractivity contribution in [3.63, 3.8) is 0 Å². The Morgan fingerprint density at radius 1 is 1.33 bits per heavy atom. The van der Waals surface area contributed by atoms with Crippen molar-refractivity contribution in [3.05, 3.63) is 35.0 Å². The number of thiophene rings is 1. The summed E-state index contributed by atoms with van der Waals surface area (Å²) in [6.45, 7) is 1.98. The molecule has 1 aromatic carbocycles. The molecule has 0 bridgehead atoms. The van der Waals surface area contributed by atoms with E-state index < -0.39 is 0 Å². The summed E-state index contributed by atoms with van der Waals surface area (Å²) >= 11 is 1.55. The van der Waals surface area contributed by atoms with Crippen LogP contribution in [0.2, 0.25) is 0 Å². The predicted octanol–water partition coefficient (Wildman–Crippen LogP) is 3.60. The third kappa shape index (κ3) is 1.03. The van der Waals surface area contributed by atoms with Gasteiger partial charge in [-0.15, -0.1) is 11.3 Å². The van der Waals surface area contributed by atoms with E-state index in [0.717, 1.165) is 21.4 Å². The topological polar surface area (TPSA) is 0 Å². The lowest BCUT2D eigenvalue weighted by Crippen LogP contribution is -1.76. The fraction of sp³-hybridized carbons (Fsp3) is 0.200. The van der Waals surface area contributed by atoms with Crippen molar-refractivity contribution in [2.24, 2.45) is 0 Å². The van der Waals surface area contributed by atoms with Crippen molar-refractivity contribution in [1.82, 2.24) is 0 Å². The van der Waals surface area contributed by atoms with Crippen LogP contribution in [0.15, 0.2) is 24.3 Å². The zero-order valence-electron chi connectivity index (χ0n) is 6.80. The number of fused-ring (bicyclic) bond motifs is 1. The lowest BCUT2D eigenvalue weighted by atomic mass is 10.2. The van der Waals surface area contributed by atoms with Crippen LogP contribution in [-0.2, 0) is 6.42 Å². The zero-order valence-corrected chi connectivity index (χ0v) is 7.62. The van der Waals surface area contributed by atoms with Crippen LogP contribution in [0.1, 0.15) is 11.8 Å². The molecule has 0 aliphatic carbocycles. The average Bonchev–Trinajstić information content (AvgIpc) is 2.44. The SMILES string of the molecule is CCc1sc2ccccc2c1F. The van der Waals surface area contributed by atoms with Gasteiger partial charge in [0.2, 0.25) is 0 Å². The van der Waals surface area contributed by atoms with Gasteiger partial charge in [-0.1, -0.05) is 25.1 Å². The fourth-order valence-corrected chi connectivity index (χ4v) is 2.32. The summed E-state index contributed by atoms with van der Waals surface area (Å²) in [7, 11) is 0. The van der Waals surface area contributed by atoms with Crippen LogP contribution in [0, 0.1) is 5.82 Å². The molecule has 0 nitrogen and oxygen atoms in total. The quantitative estimate of drug-likeness (QED) is 0.629. The van der Waals surface area contributed by atoms with Gasteiger partial charge in [0.1, 0.15) is 5.82 Å². The maximum Gasteiger partial charge on any atom is 0.144 e. The minimum absolute atomic E-state index is 0.0295. The second-order valence-electron chi connectivity index (χ2n) is 2.69. The van der Waals surface area contributed by atoms with E-state index in [1.165, 1.54) is 0 Å². The molecule has 1 aromatic heterocycles. The van der Waals surface area contributed by atoms with Gasteiger partial charge in [-0.05, 0) is 12.5 Å². The van der Waals surface area contributed by atoms with Gasteiger partial charge in [0, 0.05) is 15.0 Å². The van der Waals surface area contributed by atoms with Gasteiger partial charge < -0.3 is 0 Å². The summed E-state index contributed by atoms with van der Waals surface area (Å²) in [6, 6.07) is 7.61. The fourth-order valence-electron chi connectivity index (χ4n) is 1.29. The minimum Gasteiger partial charge on any atom is -0.205 e. The Bertz CT molecular complexity index is 403. The molecule has 0 fully saturated rings. The molecule has 2 heteroatoms. The Morgan fingerprint density at radius 2 is 2.08 bits per heavy atom. The second-order valence-corrected chi connectivity index (χ2v) is 3.83. The number of rotatable bonds is 1. The Hall–Kier alpha value is -0.890. The summed E-state index contributed by atoms with van der Waals surface area (Å²) in [6.07, 6.45) is 0.783. The Kier molecular flexibility index (Phi) is 1.85. The van der Waals surface area contributed by atoms with E-state index in [1.54, 1.807) is 11.3 Å². The van der Waals surface area contributed by atoms with Crippen molar-refractivity contribution >= 4 is 21.4 Å². The van der Waals surface area contributed by atoms with E-state index in [-0.39, 0.29) is 5.82 Å². The molecule has 0 atom stereocenters. The number of benzene rings is 1. The van der Waals surface area contributed by atoms with Crippen molar-refractivity contribution in [1.29, 1.82) is 0 Å². The first-order chi connectivity index (χ1) is 5.83. The largest absolute Gasteiger partial charge is 0.205 e. The summed E-state index contributed by atoms with van der Waals surface area (Å²) < 4.78 is 14.5. The molecule has 0 aliphatic heterocycles. The van der Waals surface area contributed by atoms with E-state index in [0.29, 0.717) is 0 Å². The second kappa shape index (κ2) is 2.87. The van der Waals surface area contributed by atoms with Crippen LogP contribution in [-0.4, -0.2) is 0 Å². The van der Waals surface area contributed by atoms with E-state index in [1.807, 2.05) is 31.2 Å². The molecular formula is C10H9FS. The summed E-state index contributed by atoms with van der Waals surface area (Å²) in [4.78, 5) is 0.858. The Morgan fingerprint density at radius 3 is 2.75 bits per heavy atom. The van der Waals surface area contributed by atoms with E-state index in [4.69, 9.17) is 0 Å². The van der Waals surface area contributed by atoms with Crippen molar-refractivity contribution in [2.75, 3.05) is 0 Å². The van der Waals surface area contributed by atoms with Crippen molar-refractivity contribution in [2.45, 2.75) is 13.3 Å². The molecule has 0 amide bonds. The molecule has 2 aromatic rings. The number of hydrogen-bond donors (Lipinski definition) is 0. The molecule has 2 rings (SSSR count). The summed E-state index contributed by atoms with van der Waals surface area (Å²) in [5.74, 6) is -0.0295. The van der Waals surface area contributed by atoms with Gasteiger partial charge in [-0.3, -0.25) is 0 Å². The van der Waals surface area contributed by atoms with E-state index in [9.17, 15) is 4.39 Å². The van der Waals surface area contributed by atoms with Crippen LogP contribution in [0.25, 0.3) is 10.1 Å². The molecule has 0 N–H and O–H groups in total. The first kappa shape index (κ1) is 7.74. The zero-order chi connectivity index (χ0) is 8.55. The monoisotopic (exact) mass is 180 g/mol. The van der Waals surface area contributed by atoms with Gasteiger partial charge in [-0.25, -0.2) is 4.39 Å². The minimum atomic E-state index is -0.0295. The van der Waals surface area contributed by atoms with Gasteiger partial charge in [0.25, 0.3) is 0 Å². The van der Waals surface area contributed by atoms with Crippen LogP contribution >= 0.6 is 11.3 Å². The smallest absolute Gasteiger partial charge is 0.144 e. The third-order valence-electron chi connectivity index (χ3n) is 1.92. The number of aryl methyl sites for hydroxylation is 1. The molecular weight excluding hydrogens is 171 g/mol. The molecule has 0 aliphatic rings. The maximum atomic E-state index is 13.4. The van der Waals surface area contributed by atoms with Crippen LogP contribution in [0.4, 0.5) is 4.39 Å². The Labute approximate surface area is 74.6 Å². The highest BCUT2D eigenvalue weighted by Crippen LogP contribution is 2.29. The first-order valence-electron chi connectivity index (χ1n) is 3.99. The lowest BCUT2D eigenvalue weighted by molar-refractivity contribution is 0.631. The average molecular weight is 180 g/mol. The van der Waals surface area contributed by atoms with Crippen molar-refractivity contribution < 1.29 is 4.39 Å². The highest BCUT2D eigenvalue weighted by molar-refractivity contribution is 7.19. The van der Waals surface area contributed by atoms with Crippen molar-refractivity contribution in [3.8, 4) is 0 Å². The summed E-state index contributed by atoms with van der Waals surface area (Å²) in [5.41, 5.74) is 0. The maximum absolute atomic E-state index is 13.4. The summed E-state index contributed by atoms with van der Waals surface area (Å²) in [5, 5.41) is 0.763. The van der Waals surface area contributed by atoms with E-state index >= 15 is 0 Å². The molecule has 62 valence electrons.